The Kier molecular flexibility index (Phi) is 8.73. The van der Waals surface area contributed by atoms with Gasteiger partial charge in [-0.2, -0.15) is 5.10 Å². The van der Waals surface area contributed by atoms with Gasteiger partial charge >= 0.3 is 0 Å². The number of ether oxygens (including phenoxy) is 2. The normalized spacial score (nSPS) is 30.4. The van der Waals surface area contributed by atoms with Crippen molar-refractivity contribution in [3.63, 3.8) is 0 Å². The summed E-state index contributed by atoms with van der Waals surface area (Å²) >= 11 is 0. The van der Waals surface area contributed by atoms with Crippen molar-refractivity contribution in [2.75, 3.05) is 32.8 Å². The minimum atomic E-state index is -0.627. The van der Waals surface area contributed by atoms with Gasteiger partial charge in [0, 0.05) is 63.4 Å². The van der Waals surface area contributed by atoms with E-state index in [4.69, 9.17) is 9.47 Å². The number of piperazine rings is 1. The molecule has 1 N–H and O–H groups in total. The van der Waals surface area contributed by atoms with Crippen LogP contribution in [0.4, 0.5) is 0 Å². The molecule has 4 heterocycles. The molecule has 3 aliphatic rings. The maximum Gasteiger partial charge on any atom is 0.245 e. The molecule has 1 aromatic heterocycles. The van der Waals surface area contributed by atoms with E-state index in [0.717, 1.165) is 19.5 Å². The van der Waals surface area contributed by atoms with Crippen LogP contribution in [-0.4, -0.2) is 88.2 Å². The van der Waals surface area contributed by atoms with Crippen LogP contribution in [0.25, 0.3) is 0 Å². The van der Waals surface area contributed by atoms with Gasteiger partial charge in [0.05, 0.1) is 19.3 Å². The van der Waals surface area contributed by atoms with E-state index >= 15 is 0 Å². The van der Waals surface area contributed by atoms with Crippen LogP contribution < -0.4 is 5.32 Å². The molecule has 202 valence electrons. The van der Waals surface area contributed by atoms with Crippen molar-refractivity contribution in [2.24, 2.45) is 17.8 Å². The summed E-state index contributed by atoms with van der Waals surface area (Å²) in [6.07, 6.45) is 6.50. The summed E-state index contributed by atoms with van der Waals surface area (Å²) in [5, 5.41) is 7.65. The van der Waals surface area contributed by atoms with E-state index in [2.05, 4.69) is 45.0 Å². The zero-order valence-electron chi connectivity index (χ0n) is 22.7. The monoisotopic (exact) mass is 503 g/mol. The molecule has 4 rings (SSSR count). The first-order valence-electron chi connectivity index (χ1n) is 13.8. The van der Waals surface area contributed by atoms with Crippen LogP contribution >= 0.6 is 0 Å². The van der Waals surface area contributed by atoms with E-state index in [0.29, 0.717) is 57.4 Å². The second-order valence-corrected chi connectivity index (χ2v) is 11.8. The second-order valence-electron chi connectivity index (χ2n) is 11.8. The Labute approximate surface area is 215 Å². The zero-order chi connectivity index (χ0) is 25.9. The van der Waals surface area contributed by atoms with Crippen LogP contribution in [0.1, 0.15) is 60.3 Å². The van der Waals surface area contributed by atoms with Gasteiger partial charge < -0.3 is 24.6 Å². The molecule has 2 amide bonds. The fourth-order valence-corrected chi connectivity index (χ4v) is 5.89. The molecular weight excluding hydrogens is 458 g/mol. The average Bonchev–Trinajstić information content (AvgIpc) is 3.33. The predicted molar refractivity (Wildman–Crippen MR) is 137 cm³/mol. The largest absolute Gasteiger partial charge is 0.349 e. The summed E-state index contributed by atoms with van der Waals surface area (Å²) < 4.78 is 14.5. The lowest BCUT2D eigenvalue weighted by Gasteiger charge is -2.49. The Morgan fingerprint density at radius 3 is 2.56 bits per heavy atom. The molecule has 9 nitrogen and oxygen atoms in total. The standard InChI is InChI=1S/C27H45N5O4/c1-19(2)13-23-25(33)32(12-9-28-23)24(14-20(3)4)26(34)31-11-7-27(15-21(31)5)35-17-22(18-36-27)16-30-10-6-8-29-30/h6,8,10,19-24,28H,7,9,11-18H2,1-5H3/t21-,22-,23-,24-,27+/m0/s1. The third-order valence-electron chi connectivity index (χ3n) is 7.71. The molecule has 1 aromatic rings. The Balaban J connectivity index is 1.38. The third kappa shape index (κ3) is 6.29. The van der Waals surface area contributed by atoms with E-state index in [-0.39, 0.29) is 29.8 Å². The van der Waals surface area contributed by atoms with Crippen LogP contribution in [0.3, 0.4) is 0 Å². The maximum absolute atomic E-state index is 13.9. The van der Waals surface area contributed by atoms with Gasteiger partial charge in [0.15, 0.2) is 5.79 Å². The minimum absolute atomic E-state index is 0.0203. The van der Waals surface area contributed by atoms with Gasteiger partial charge in [0.25, 0.3) is 0 Å². The number of hydrogen-bond donors (Lipinski definition) is 1. The number of aromatic nitrogens is 2. The van der Waals surface area contributed by atoms with Crippen molar-refractivity contribution in [2.45, 2.75) is 90.8 Å². The number of carbonyl (C=O) groups is 2. The second kappa shape index (κ2) is 11.6. The van der Waals surface area contributed by atoms with E-state index in [1.807, 2.05) is 26.7 Å². The van der Waals surface area contributed by atoms with Crippen molar-refractivity contribution in [3.05, 3.63) is 18.5 Å². The highest BCUT2D eigenvalue weighted by atomic mass is 16.7. The fourth-order valence-electron chi connectivity index (χ4n) is 5.89. The first-order chi connectivity index (χ1) is 17.2. The predicted octanol–water partition coefficient (Wildman–Crippen LogP) is 2.51. The lowest BCUT2D eigenvalue weighted by Crippen LogP contribution is -2.64. The van der Waals surface area contributed by atoms with Crippen LogP contribution in [0.15, 0.2) is 18.5 Å². The summed E-state index contributed by atoms with van der Waals surface area (Å²) in [5.74, 6) is 0.497. The number of hydrogen-bond acceptors (Lipinski definition) is 6. The topological polar surface area (TPSA) is 88.9 Å². The summed E-state index contributed by atoms with van der Waals surface area (Å²) in [6, 6.07) is 1.28. The van der Waals surface area contributed by atoms with Gasteiger partial charge in [-0.15, -0.1) is 0 Å². The quantitative estimate of drug-likeness (QED) is 0.587. The lowest BCUT2D eigenvalue weighted by molar-refractivity contribution is -0.303. The molecular formula is C27H45N5O4. The number of likely N-dealkylation sites (tertiary alicyclic amines) is 1. The molecule has 0 saturated carbocycles. The highest BCUT2D eigenvalue weighted by molar-refractivity contribution is 5.90. The van der Waals surface area contributed by atoms with Crippen molar-refractivity contribution in [1.82, 2.24) is 24.9 Å². The Morgan fingerprint density at radius 2 is 1.94 bits per heavy atom. The molecule has 9 heteroatoms. The first kappa shape index (κ1) is 27.1. The van der Waals surface area contributed by atoms with E-state index < -0.39 is 11.8 Å². The smallest absolute Gasteiger partial charge is 0.245 e. The van der Waals surface area contributed by atoms with Crippen LogP contribution in [0.5, 0.6) is 0 Å². The first-order valence-corrected chi connectivity index (χ1v) is 13.8. The van der Waals surface area contributed by atoms with Crippen molar-refractivity contribution in [1.29, 1.82) is 0 Å². The molecule has 0 unspecified atom stereocenters. The number of nitrogens with zero attached hydrogens (tertiary/aromatic N) is 4. The molecule has 0 aliphatic carbocycles. The number of nitrogens with one attached hydrogen (secondary N) is 1. The average molecular weight is 504 g/mol. The maximum atomic E-state index is 13.9. The zero-order valence-corrected chi connectivity index (χ0v) is 22.7. The number of rotatable bonds is 8. The SMILES string of the molecule is CC(C)C[C@@H]1NCCN([C@@H](CC(C)C)C(=O)N2CC[C@]3(C[C@@H]2C)OC[C@@H](Cn2cccn2)CO3)C1=O. The van der Waals surface area contributed by atoms with E-state index in [9.17, 15) is 9.59 Å². The molecule has 36 heavy (non-hydrogen) atoms. The Hall–Kier alpha value is -1.97. The molecule has 0 aromatic carbocycles. The summed E-state index contributed by atoms with van der Waals surface area (Å²) in [4.78, 5) is 31.1. The van der Waals surface area contributed by atoms with Crippen LogP contribution in [0.2, 0.25) is 0 Å². The van der Waals surface area contributed by atoms with Gasteiger partial charge in [-0.3, -0.25) is 14.3 Å². The Bertz CT molecular complexity index is 866. The van der Waals surface area contributed by atoms with Crippen molar-refractivity contribution in [3.8, 4) is 0 Å². The molecule has 3 aliphatic heterocycles. The van der Waals surface area contributed by atoms with Gasteiger partial charge in [0.2, 0.25) is 11.8 Å². The molecule has 3 saturated heterocycles. The van der Waals surface area contributed by atoms with Crippen LogP contribution in [-0.2, 0) is 25.6 Å². The highest BCUT2D eigenvalue weighted by Crippen LogP contribution is 2.36. The van der Waals surface area contributed by atoms with Crippen LogP contribution in [0, 0.1) is 17.8 Å². The number of carbonyl (C=O) groups excluding carboxylic acids is 2. The molecule has 3 atom stereocenters. The van der Waals surface area contributed by atoms with E-state index in [1.165, 1.54) is 0 Å². The molecule has 3 fully saturated rings. The van der Waals surface area contributed by atoms with E-state index in [1.54, 1.807) is 6.20 Å². The van der Waals surface area contributed by atoms with Crippen molar-refractivity contribution >= 4 is 11.8 Å². The van der Waals surface area contributed by atoms with Gasteiger partial charge in [-0.1, -0.05) is 27.7 Å². The summed E-state index contributed by atoms with van der Waals surface area (Å²) in [7, 11) is 0. The van der Waals surface area contributed by atoms with Gasteiger partial charge in [0.1, 0.15) is 6.04 Å². The summed E-state index contributed by atoms with van der Waals surface area (Å²) in [6.45, 7) is 14.5. The van der Waals surface area contributed by atoms with Gasteiger partial charge in [-0.05, 0) is 37.7 Å². The molecule has 1 spiro atoms. The molecule has 0 bridgehead atoms. The van der Waals surface area contributed by atoms with Crippen molar-refractivity contribution < 1.29 is 19.1 Å². The highest BCUT2D eigenvalue weighted by Gasteiger charge is 2.47. The number of piperidine rings is 1. The fraction of sp³-hybridized carbons (Fsp3) is 0.815. The third-order valence-corrected chi connectivity index (χ3v) is 7.71. The Morgan fingerprint density at radius 1 is 1.19 bits per heavy atom. The molecule has 0 radical (unpaired) electrons. The minimum Gasteiger partial charge on any atom is -0.349 e. The number of amides is 2. The lowest BCUT2D eigenvalue weighted by atomic mass is 9.92. The summed E-state index contributed by atoms with van der Waals surface area (Å²) in [5.41, 5.74) is 0. The van der Waals surface area contributed by atoms with Gasteiger partial charge in [-0.25, -0.2) is 0 Å².